The summed E-state index contributed by atoms with van der Waals surface area (Å²) in [5.74, 6) is 0.131. The molecule has 0 spiro atoms. The third kappa shape index (κ3) is 4.64. The standard InChI is InChI=1S/C17H26N2O/c1-2-16(14-9-5-3-6-10-14)18-13-17(20)19-15-11-7-4-8-12-15/h3,5-6,9-10,15-16,18H,2,4,7-8,11-13H2,1H3,(H,19,20). The summed E-state index contributed by atoms with van der Waals surface area (Å²) in [6.07, 6.45) is 7.08. The molecule has 3 nitrogen and oxygen atoms in total. The molecule has 1 fully saturated rings. The fourth-order valence-electron chi connectivity index (χ4n) is 2.92. The van der Waals surface area contributed by atoms with E-state index in [1.807, 2.05) is 18.2 Å². The Kier molecular flexibility index (Phi) is 6.06. The van der Waals surface area contributed by atoms with E-state index in [1.165, 1.54) is 24.8 Å². The van der Waals surface area contributed by atoms with E-state index in [1.54, 1.807) is 0 Å². The Hall–Kier alpha value is -1.35. The molecule has 1 aliphatic carbocycles. The first-order valence-corrected chi connectivity index (χ1v) is 7.87. The molecule has 3 heteroatoms. The smallest absolute Gasteiger partial charge is 0.234 e. The van der Waals surface area contributed by atoms with E-state index >= 15 is 0 Å². The second kappa shape index (κ2) is 8.05. The van der Waals surface area contributed by atoms with Crippen molar-refractivity contribution in [1.29, 1.82) is 0 Å². The molecule has 0 saturated heterocycles. The minimum absolute atomic E-state index is 0.131. The molecule has 1 atom stereocenters. The highest BCUT2D eigenvalue weighted by Crippen LogP contribution is 2.17. The van der Waals surface area contributed by atoms with Crippen LogP contribution in [0.25, 0.3) is 0 Å². The molecule has 1 aromatic carbocycles. The highest BCUT2D eigenvalue weighted by atomic mass is 16.1. The zero-order chi connectivity index (χ0) is 14.2. The quantitative estimate of drug-likeness (QED) is 0.836. The molecule has 110 valence electrons. The third-order valence-corrected chi connectivity index (χ3v) is 4.09. The molecule has 0 aliphatic heterocycles. The van der Waals surface area contributed by atoms with Gasteiger partial charge in [-0.15, -0.1) is 0 Å². The lowest BCUT2D eigenvalue weighted by Crippen LogP contribution is -2.42. The van der Waals surface area contributed by atoms with Crippen molar-refractivity contribution in [3.8, 4) is 0 Å². The summed E-state index contributed by atoms with van der Waals surface area (Å²) in [4.78, 5) is 12.0. The Bertz CT molecular complexity index is 399. The van der Waals surface area contributed by atoms with Crippen LogP contribution in [-0.2, 0) is 4.79 Å². The second-order valence-corrected chi connectivity index (χ2v) is 5.65. The van der Waals surface area contributed by atoms with E-state index < -0.39 is 0 Å². The van der Waals surface area contributed by atoms with E-state index in [4.69, 9.17) is 0 Å². The minimum atomic E-state index is 0.131. The Morgan fingerprint density at radius 1 is 1.20 bits per heavy atom. The van der Waals surface area contributed by atoms with Crippen LogP contribution in [0.5, 0.6) is 0 Å². The Balaban J connectivity index is 1.76. The molecule has 1 saturated carbocycles. The van der Waals surface area contributed by atoms with Crippen LogP contribution in [0.2, 0.25) is 0 Å². The molecule has 0 radical (unpaired) electrons. The Labute approximate surface area is 122 Å². The van der Waals surface area contributed by atoms with Gasteiger partial charge in [0.25, 0.3) is 0 Å². The maximum atomic E-state index is 12.0. The van der Waals surface area contributed by atoms with Crippen molar-refractivity contribution < 1.29 is 4.79 Å². The minimum Gasteiger partial charge on any atom is -0.352 e. The molecule has 1 amide bonds. The molecule has 0 aromatic heterocycles. The molecule has 1 aromatic rings. The average Bonchev–Trinajstić information content (AvgIpc) is 2.50. The molecule has 0 heterocycles. The molecule has 1 aliphatic rings. The van der Waals surface area contributed by atoms with Crippen molar-refractivity contribution >= 4 is 5.91 Å². The molecule has 20 heavy (non-hydrogen) atoms. The van der Waals surface area contributed by atoms with E-state index in [2.05, 4.69) is 29.7 Å². The lowest BCUT2D eigenvalue weighted by Gasteiger charge is -2.23. The summed E-state index contributed by atoms with van der Waals surface area (Å²) in [5.41, 5.74) is 1.25. The first-order valence-electron chi connectivity index (χ1n) is 7.87. The number of rotatable bonds is 6. The first-order chi connectivity index (χ1) is 9.79. The van der Waals surface area contributed by atoms with E-state index in [9.17, 15) is 4.79 Å². The van der Waals surface area contributed by atoms with Gasteiger partial charge in [-0.2, -0.15) is 0 Å². The van der Waals surface area contributed by atoms with Crippen molar-refractivity contribution in [1.82, 2.24) is 10.6 Å². The van der Waals surface area contributed by atoms with Gasteiger partial charge >= 0.3 is 0 Å². The molecule has 2 rings (SSSR count). The van der Waals surface area contributed by atoms with Crippen molar-refractivity contribution in [3.63, 3.8) is 0 Å². The van der Waals surface area contributed by atoms with Crippen LogP contribution in [0.4, 0.5) is 0 Å². The molecule has 0 bridgehead atoms. The monoisotopic (exact) mass is 274 g/mol. The van der Waals surface area contributed by atoms with Gasteiger partial charge in [0, 0.05) is 12.1 Å². The highest BCUT2D eigenvalue weighted by Gasteiger charge is 2.16. The molecule has 2 N–H and O–H groups in total. The topological polar surface area (TPSA) is 41.1 Å². The van der Waals surface area contributed by atoms with Gasteiger partial charge in [0.1, 0.15) is 0 Å². The van der Waals surface area contributed by atoms with Crippen molar-refractivity contribution in [2.45, 2.75) is 57.5 Å². The van der Waals surface area contributed by atoms with Gasteiger partial charge < -0.3 is 10.6 Å². The van der Waals surface area contributed by atoms with E-state index in [0.29, 0.717) is 12.6 Å². The van der Waals surface area contributed by atoms with Gasteiger partial charge in [-0.3, -0.25) is 4.79 Å². The summed E-state index contributed by atoms with van der Waals surface area (Å²) in [5, 5.41) is 6.51. The fourth-order valence-corrected chi connectivity index (χ4v) is 2.92. The van der Waals surface area contributed by atoms with E-state index in [0.717, 1.165) is 19.3 Å². The van der Waals surface area contributed by atoms with Crippen molar-refractivity contribution in [3.05, 3.63) is 35.9 Å². The molecular formula is C17H26N2O. The van der Waals surface area contributed by atoms with Crippen LogP contribution in [0.3, 0.4) is 0 Å². The number of hydrogen-bond acceptors (Lipinski definition) is 2. The molecule has 1 unspecified atom stereocenters. The van der Waals surface area contributed by atoms with E-state index in [-0.39, 0.29) is 11.9 Å². The van der Waals surface area contributed by atoms with Crippen LogP contribution in [-0.4, -0.2) is 18.5 Å². The maximum Gasteiger partial charge on any atom is 0.234 e. The Morgan fingerprint density at radius 2 is 1.90 bits per heavy atom. The van der Waals surface area contributed by atoms with Gasteiger partial charge in [0.2, 0.25) is 5.91 Å². The number of nitrogens with one attached hydrogen (secondary N) is 2. The summed E-state index contributed by atoms with van der Waals surface area (Å²) < 4.78 is 0. The average molecular weight is 274 g/mol. The van der Waals surface area contributed by atoms with Gasteiger partial charge in [0.05, 0.1) is 6.54 Å². The van der Waals surface area contributed by atoms with Crippen LogP contribution < -0.4 is 10.6 Å². The lowest BCUT2D eigenvalue weighted by molar-refractivity contribution is -0.121. The lowest BCUT2D eigenvalue weighted by atomic mass is 9.95. The molecular weight excluding hydrogens is 248 g/mol. The normalized spacial score (nSPS) is 17.6. The summed E-state index contributed by atoms with van der Waals surface area (Å²) in [6, 6.07) is 11.0. The first kappa shape index (κ1) is 15.0. The predicted octanol–water partition coefficient (Wildman–Crippen LogP) is 3.18. The van der Waals surface area contributed by atoms with Crippen molar-refractivity contribution in [2.75, 3.05) is 6.54 Å². The maximum absolute atomic E-state index is 12.0. The van der Waals surface area contributed by atoms with Crippen LogP contribution in [0.15, 0.2) is 30.3 Å². The number of amides is 1. The van der Waals surface area contributed by atoms with Gasteiger partial charge in [-0.1, -0.05) is 56.5 Å². The summed E-state index contributed by atoms with van der Waals surface area (Å²) in [7, 11) is 0. The SMILES string of the molecule is CCC(NCC(=O)NC1CCCCC1)c1ccccc1. The summed E-state index contributed by atoms with van der Waals surface area (Å²) >= 11 is 0. The summed E-state index contributed by atoms with van der Waals surface area (Å²) in [6.45, 7) is 2.55. The predicted molar refractivity (Wildman–Crippen MR) is 82.5 cm³/mol. The van der Waals surface area contributed by atoms with Crippen LogP contribution in [0.1, 0.15) is 57.1 Å². The van der Waals surface area contributed by atoms with Gasteiger partial charge in [-0.25, -0.2) is 0 Å². The largest absolute Gasteiger partial charge is 0.352 e. The van der Waals surface area contributed by atoms with Gasteiger partial charge in [0.15, 0.2) is 0 Å². The Morgan fingerprint density at radius 3 is 2.55 bits per heavy atom. The van der Waals surface area contributed by atoms with Crippen molar-refractivity contribution in [2.24, 2.45) is 0 Å². The number of carbonyl (C=O) groups excluding carboxylic acids is 1. The number of hydrogen-bond donors (Lipinski definition) is 2. The third-order valence-electron chi connectivity index (χ3n) is 4.09. The van der Waals surface area contributed by atoms with Crippen LogP contribution >= 0.6 is 0 Å². The van der Waals surface area contributed by atoms with Crippen LogP contribution in [0, 0.1) is 0 Å². The fraction of sp³-hybridized carbons (Fsp3) is 0.588. The number of benzene rings is 1. The van der Waals surface area contributed by atoms with Gasteiger partial charge in [-0.05, 0) is 24.8 Å². The zero-order valence-electron chi connectivity index (χ0n) is 12.4. The number of carbonyl (C=O) groups is 1. The second-order valence-electron chi connectivity index (χ2n) is 5.65. The highest BCUT2D eigenvalue weighted by molar-refractivity contribution is 5.78. The zero-order valence-corrected chi connectivity index (χ0v) is 12.4.